The molecule has 150 valence electrons. The zero-order valence-electron chi connectivity index (χ0n) is 16.7. The molecule has 0 aliphatic carbocycles. The predicted molar refractivity (Wildman–Crippen MR) is 116 cm³/mol. The van der Waals surface area contributed by atoms with E-state index >= 15 is 0 Å². The van der Waals surface area contributed by atoms with E-state index in [4.69, 9.17) is 0 Å². The monoisotopic (exact) mass is 400 g/mol. The van der Waals surface area contributed by atoms with Crippen molar-refractivity contribution in [3.8, 4) is 0 Å². The molecular formula is C25H21FN2O2. The van der Waals surface area contributed by atoms with Crippen LogP contribution < -0.4 is 10.2 Å². The van der Waals surface area contributed by atoms with Crippen molar-refractivity contribution in [1.29, 1.82) is 0 Å². The molecular weight excluding hydrogens is 379 g/mol. The average Bonchev–Trinajstić information content (AvgIpc) is 2.99. The van der Waals surface area contributed by atoms with E-state index in [0.717, 1.165) is 4.90 Å². The molecule has 3 aromatic rings. The number of amides is 2. The molecule has 0 radical (unpaired) electrons. The lowest BCUT2D eigenvalue weighted by molar-refractivity contribution is -0.120. The predicted octanol–water partition coefficient (Wildman–Crippen LogP) is 5.35. The molecule has 0 aromatic heterocycles. The molecule has 1 aliphatic heterocycles. The standard InChI is InChI=1S/C25H21FN2O2/c1-16(2)17-12-14-19(15-13-17)27-23-22(18-8-4-3-5-9-18)24(29)28(25(23)30)21-11-7-6-10-20(21)26/h3-16,27H,1-2H3. The Hall–Kier alpha value is -3.73. The summed E-state index contributed by atoms with van der Waals surface area (Å²) in [5.41, 5.74) is 2.73. The largest absolute Gasteiger partial charge is 0.350 e. The highest BCUT2D eigenvalue weighted by Crippen LogP contribution is 2.34. The first-order valence-electron chi connectivity index (χ1n) is 9.77. The van der Waals surface area contributed by atoms with Gasteiger partial charge in [0.05, 0.1) is 11.3 Å². The summed E-state index contributed by atoms with van der Waals surface area (Å²) in [4.78, 5) is 27.4. The van der Waals surface area contributed by atoms with Gasteiger partial charge in [-0.05, 0) is 41.3 Å². The second kappa shape index (κ2) is 7.95. The highest BCUT2D eigenvalue weighted by atomic mass is 19.1. The van der Waals surface area contributed by atoms with E-state index in [1.807, 2.05) is 30.3 Å². The van der Waals surface area contributed by atoms with E-state index < -0.39 is 17.6 Å². The molecule has 0 bridgehead atoms. The molecule has 1 heterocycles. The van der Waals surface area contributed by atoms with Gasteiger partial charge in [-0.2, -0.15) is 0 Å². The Morgan fingerprint density at radius 2 is 1.43 bits per heavy atom. The molecule has 1 aliphatic rings. The van der Waals surface area contributed by atoms with E-state index in [2.05, 4.69) is 19.2 Å². The Morgan fingerprint density at radius 3 is 2.07 bits per heavy atom. The number of benzene rings is 3. The summed E-state index contributed by atoms with van der Waals surface area (Å²) in [7, 11) is 0. The van der Waals surface area contributed by atoms with Crippen molar-refractivity contribution in [2.24, 2.45) is 0 Å². The van der Waals surface area contributed by atoms with Gasteiger partial charge in [-0.25, -0.2) is 9.29 Å². The van der Waals surface area contributed by atoms with Crippen molar-refractivity contribution in [3.05, 3.63) is 102 Å². The summed E-state index contributed by atoms with van der Waals surface area (Å²) in [5, 5.41) is 3.10. The van der Waals surface area contributed by atoms with E-state index in [1.165, 1.54) is 23.8 Å². The van der Waals surface area contributed by atoms with Crippen LogP contribution in [0.15, 0.2) is 84.6 Å². The summed E-state index contributed by atoms with van der Waals surface area (Å²) < 4.78 is 14.4. The van der Waals surface area contributed by atoms with Gasteiger partial charge >= 0.3 is 0 Å². The Labute approximate surface area is 174 Å². The normalized spacial score (nSPS) is 14.1. The lowest BCUT2D eigenvalue weighted by Gasteiger charge is -2.16. The molecule has 2 amide bonds. The quantitative estimate of drug-likeness (QED) is 0.588. The van der Waals surface area contributed by atoms with Crippen LogP contribution in [0, 0.1) is 5.82 Å². The van der Waals surface area contributed by atoms with Crippen LogP contribution in [0.4, 0.5) is 15.8 Å². The van der Waals surface area contributed by atoms with Gasteiger partial charge in [-0.3, -0.25) is 9.59 Å². The number of hydrogen-bond acceptors (Lipinski definition) is 3. The van der Waals surface area contributed by atoms with Crippen molar-refractivity contribution in [2.75, 3.05) is 10.2 Å². The molecule has 4 nitrogen and oxygen atoms in total. The molecule has 5 heteroatoms. The van der Waals surface area contributed by atoms with Crippen molar-refractivity contribution < 1.29 is 14.0 Å². The Morgan fingerprint density at radius 1 is 0.800 bits per heavy atom. The van der Waals surface area contributed by atoms with Crippen LogP contribution in [0.1, 0.15) is 30.9 Å². The maximum atomic E-state index is 14.4. The number of carbonyl (C=O) groups excluding carboxylic acids is 2. The van der Waals surface area contributed by atoms with Gasteiger partial charge in [0.15, 0.2) is 0 Å². The van der Waals surface area contributed by atoms with E-state index in [-0.39, 0.29) is 17.0 Å². The molecule has 0 spiro atoms. The van der Waals surface area contributed by atoms with Crippen LogP contribution in [0.2, 0.25) is 0 Å². The van der Waals surface area contributed by atoms with Gasteiger partial charge in [-0.15, -0.1) is 0 Å². The number of nitrogens with one attached hydrogen (secondary N) is 1. The Bertz CT molecular complexity index is 1140. The van der Waals surface area contributed by atoms with Crippen molar-refractivity contribution in [3.63, 3.8) is 0 Å². The lowest BCUT2D eigenvalue weighted by atomic mass is 10.0. The first-order chi connectivity index (χ1) is 14.5. The van der Waals surface area contributed by atoms with Crippen LogP contribution >= 0.6 is 0 Å². The number of imide groups is 1. The van der Waals surface area contributed by atoms with Gasteiger partial charge in [0.25, 0.3) is 11.8 Å². The summed E-state index contributed by atoms with van der Waals surface area (Å²) >= 11 is 0. The molecule has 0 fully saturated rings. The van der Waals surface area contributed by atoms with Crippen molar-refractivity contribution >= 4 is 28.8 Å². The van der Waals surface area contributed by atoms with Crippen LogP contribution in [0.25, 0.3) is 5.57 Å². The zero-order valence-corrected chi connectivity index (χ0v) is 16.7. The summed E-state index contributed by atoms with van der Waals surface area (Å²) in [5.74, 6) is -1.40. The number of anilines is 2. The van der Waals surface area contributed by atoms with E-state index in [9.17, 15) is 14.0 Å². The maximum Gasteiger partial charge on any atom is 0.282 e. The fraction of sp³-hybridized carbons (Fsp3) is 0.120. The van der Waals surface area contributed by atoms with Crippen LogP contribution in [0.5, 0.6) is 0 Å². The third-order valence-electron chi connectivity index (χ3n) is 5.09. The third-order valence-corrected chi connectivity index (χ3v) is 5.09. The second-order valence-electron chi connectivity index (χ2n) is 7.41. The minimum Gasteiger partial charge on any atom is -0.350 e. The topological polar surface area (TPSA) is 49.4 Å². The molecule has 0 unspecified atom stereocenters. The van der Waals surface area contributed by atoms with Gasteiger partial charge in [0, 0.05) is 5.69 Å². The average molecular weight is 400 g/mol. The number of carbonyl (C=O) groups is 2. The first kappa shape index (κ1) is 19.6. The number of rotatable bonds is 5. The number of para-hydroxylation sites is 1. The third kappa shape index (κ3) is 3.50. The first-order valence-corrected chi connectivity index (χ1v) is 9.77. The highest BCUT2D eigenvalue weighted by molar-refractivity contribution is 6.46. The smallest absolute Gasteiger partial charge is 0.282 e. The van der Waals surface area contributed by atoms with Gasteiger partial charge in [0.1, 0.15) is 11.5 Å². The van der Waals surface area contributed by atoms with Gasteiger partial charge in [0.2, 0.25) is 0 Å². The molecule has 0 saturated heterocycles. The van der Waals surface area contributed by atoms with Gasteiger partial charge < -0.3 is 5.32 Å². The summed E-state index contributed by atoms with van der Waals surface area (Å²) in [6, 6.07) is 22.4. The fourth-order valence-electron chi connectivity index (χ4n) is 3.47. The molecule has 4 rings (SSSR count). The molecule has 3 aromatic carbocycles. The Balaban J connectivity index is 1.78. The molecule has 1 N–H and O–H groups in total. The zero-order chi connectivity index (χ0) is 21.3. The fourth-order valence-corrected chi connectivity index (χ4v) is 3.47. The summed E-state index contributed by atoms with van der Waals surface area (Å²) in [6.45, 7) is 4.20. The number of nitrogens with zero attached hydrogens (tertiary/aromatic N) is 1. The van der Waals surface area contributed by atoms with E-state index in [1.54, 1.807) is 30.3 Å². The maximum absolute atomic E-state index is 14.4. The van der Waals surface area contributed by atoms with Crippen molar-refractivity contribution in [1.82, 2.24) is 0 Å². The lowest BCUT2D eigenvalue weighted by Crippen LogP contribution is -2.33. The minimum atomic E-state index is -0.630. The van der Waals surface area contributed by atoms with Gasteiger partial charge in [-0.1, -0.05) is 68.4 Å². The number of hydrogen-bond donors (Lipinski definition) is 1. The van der Waals surface area contributed by atoms with Crippen LogP contribution in [-0.4, -0.2) is 11.8 Å². The van der Waals surface area contributed by atoms with Crippen molar-refractivity contribution in [2.45, 2.75) is 19.8 Å². The second-order valence-corrected chi connectivity index (χ2v) is 7.41. The Kier molecular flexibility index (Phi) is 5.19. The molecule has 0 atom stereocenters. The number of halogens is 1. The summed E-state index contributed by atoms with van der Waals surface area (Å²) in [6.07, 6.45) is 0. The molecule has 30 heavy (non-hydrogen) atoms. The van der Waals surface area contributed by atoms with Crippen LogP contribution in [-0.2, 0) is 9.59 Å². The van der Waals surface area contributed by atoms with Crippen LogP contribution in [0.3, 0.4) is 0 Å². The highest BCUT2D eigenvalue weighted by Gasteiger charge is 2.41. The SMILES string of the molecule is CC(C)c1ccc(NC2=C(c3ccccc3)C(=O)N(c3ccccc3F)C2=O)cc1. The van der Waals surface area contributed by atoms with E-state index in [0.29, 0.717) is 17.2 Å². The molecule has 0 saturated carbocycles. The minimum absolute atomic E-state index is 0.0621.